The maximum atomic E-state index is 11.6. The van der Waals surface area contributed by atoms with E-state index in [1.54, 1.807) is 25.4 Å². The Hall–Kier alpha value is -1.42. The van der Waals surface area contributed by atoms with Gasteiger partial charge in [0.05, 0.1) is 6.61 Å². The smallest absolute Gasteiger partial charge is 0.251 e. The number of aliphatic hydroxyl groups is 1. The van der Waals surface area contributed by atoms with Gasteiger partial charge in [-0.2, -0.15) is 0 Å². The molecule has 0 aliphatic heterocycles. The maximum absolute atomic E-state index is 11.6. The Labute approximate surface area is 83.0 Å². The summed E-state index contributed by atoms with van der Waals surface area (Å²) < 4.78 is 0. The Kier molecular flexibility index (Phi) is 3.59. The van der Waals surface area contributed by atoms with E-state index in [0.717, 1.165) is 5.56 Å². The van der Waals surface area contributed by atoms with Crippen molar-refractivity contribution in [2.24, 2.45) is 0 Å². The molecule has 0 radical (unpaired) electrons. The second-order valence-corrected chi connectivity index (χ2v) is 3.25. The zero-order valence-electron chi connectivity index (χ0n) is 8.32. The van der Waals surface area contributed by atoms with Gasteiger partial charge in [0.15, 0.2) is 0 Å². The monoisotopic (exact) mass is 194 g/mol. The molecule has 0 fully saturated rings. The molecule has 0 saturated carbocycles. The standard InChI is InChI=1S/C10H14N2O2/c1-7-5-11-4-3-9(7)10(14)12-8(2)6-13/h3-5,8,13H,6H2,1-2H3,(H,12,14). The number of rotatable bonds is 3. The molecule has 14 heavy (non-hydrogen) atoms. The Bertz CT molecular complexity index is 326. The number of hydrogen-bond donors (Lipinski definition) is 2. The van der Waals surface area contributed by atoms with Crippen molar-refractivity contribution >= 4 is 5.91 Å². The molecule has 0 aromatic carbocycles. The van der Waals surface area contributed by atoms with Crippen LogP contribution in [-0.4, -0.2) is 28.6 Å². The first-order valence-electron chi connectivity index (χ1n) is 4.47. The highest BCUT2D eigenvalue weighted by molar-refractivity contribution is 5.95. The van der Waals surface area contributed by atoms with Gasteiger partial charge in [0.2, 0.25) is 0 Å². The summed E-state index contributed by atoms with van der Waals surface area (Å²) in [5.41, 5.74) is 1.43. The van der Waals surface area contributed by atoms with E-state index >= 15 is 0 Å². The molecule has 1 atom stereocenters. The lowest BCUT2D eigenvalue weighted by Gasteiger charge is -2.11. The van der Waals surface area contributed by atoms with Gasteiger partial charge in [0, 0.05) is 24.0 Å². The summed E-state index contributed by atoms with van der Waals surface area (Å²) in [5, 5.41) is 11.4. The van der Waals surface area contributed by atoms with Crippen LogP contribution in [-0.2, 0) is 0 Å². The van der Waals surface area contributed by atoms with Crippen molar-refractivity contribution in [3.8, 4) is 0 Å². The van der Waals surface area contributed by atoms with Crippen molar-refractivity contribution in [1.29, 1.82) is 0 Å². The van der Waals surface area contributed by atoms with E-state index in [4.69, 9.17) is 5.11 Å². The molecular weight excluding hydrogens is 180 g/mol. The molecule has 2 N–H and O–H groups in total. The molecule has 0 aliphatic carbocycles. The van der Waals surface area contributed by atoms with E-state index in [1.165, 1.54) is 0 Å². The molecule has 1 amide bonds. The quantitative estimate of drug-likeness (QED) is 0.736. The van der Waals surface area contributed by atoms with Crippen LogP contribution in [0.1, 0.15) is 22.8 Å². The van der Waals surface area contributed by atoms with Gasteiger partial charge in [-0.15, -0.1) is 0 Å². The van der Waals surface area contributed by atoms with Gasteiger partial charge >= 0.3 is 0 Å². The SMILES string of the molecule is Cc1cnccc1C(=O)NC(C)CO. The minimum Gasteiger partial charge on any atom is -0.394 e. The van der Waals surface area contributed by atoms with Crippen LogP contribution in [0.2, 0.25) is 0 Å². The van der Waals surface area contributed by atoms with Crippen molar-refractivity contribution < 1.29 is 9.90 Å². The highest BCUT2D eigenvalue weighted by Crippen LogP contribution is 2.04. The minimum absolute atomic E-state index is 0.0597. The van der Waals surface area contributed by atoms with Gasteiger partial charge in [-0.05, 0) is 25.5 Å². The average Bonchev–Trinajstić information content (AvgIpc) is 2.18. The molecule has 0 spiro atoms. The number of amides is 1. The van der Waals surface area contributed by atoms with Crippen molar-refractivity contribution in [3.63, 3.8) is 0 Å². The van der Waals surface area contributed by atoms with Gasteiger partial charge < -0.3 is 10.4 Å². The Morgan fingerprint density at radius 3 is 3.00 bits per heavy atom. The fraction of sp³-hybridized carbons (Fsp3) is 0.400. The molecule has 0 bridgehead atoms. The van der Waals surface area contributed by atoms with Crippen LogP contribution >= 0.6 is 0 Å². The van der Waals surface area contributed by atoms with Crippen LogP contribution in [0.15, 0.2) is 18.5 Å². The van der Waals surface area contributed by atoms with Crippen LogP contribution in [0.25, 0.3) is 0 Å². The largest absolute Gasteiger partial charge is 0.394 e. The number of carbonyl (C=O) groups excluding carboxylic acids is 1. The fourth-order valence-electron chi connectivity index (χ4n) is 1.08. The Morgan fingerprint density at radius 2 is 2.43 bits per heavy atom. The van der Waals surface area contributed by atoms with Crippen molar-refractivity contribution in [3.05, 3.63) is 29.6 Å². The van der Waals surface area contributed by atoms with Gasteiger partial charge in [0.25, 0.3) is 5.91 Å². The summed E-state index contributed by atoms with van der Waals surface area (Å²) in [4.78, 5) is 15.5. The maximum Gasteiger partial charge on any atom is 0.251 e. The number of pyridine rings is 1. The van der Waals surface area contributed by atoms with E-state index in [2.05, 4.69) is 10.3 Å². The average molecular weight is 194 g/mol. The fourth-order valence-corrected chi connectivity index (χ4v) is 1.08. The van der Waals surface area contributed by atoms with E-state index < -0.39 is 0 Å². The van der Waals surface area contributed by atoms with Crippen molar-refractivity contribution in [2.45, 2.75) is 19.9 Å². The third kappa shape index (κ3) is 2.53. The van der Waals surface area contributed by atoms with Gasteiger partial charge in [-0.3, -0.25) is 9.78 Å². The number of hydrogen-bond acceptors (Lipinski definition) is 3. The van der Waals surface area contributed by atoms with Crippen LogP contribution in [0.4, 0.5) is 0 Å². The number of carbonyl (C=O) groups is 1. The first kappa shape index (κ1) is 10.7. The van der Waals surface area contributed by atoms with Crippen LogP contribution in [0.5, 0.6) is 0 Å². The summed E-state index contributed by atoms with van der Waals surface area (Å²) >= 11 is 0. The molecule has 4 heteroatoms. The Morgan fingerprint density at radius 1 is 1.71 bits per heavy atom. The number of nitrogens with one attached hydrogen (secondary N) is 1. The normalized spacial score (nSPS) is 12.2. The molecule has 0 saturated heterocycles. The lowest BCUT2D eigenvalue weighted by atomic mass is 10.1. The summed E-state index contributed by atoms with van der Waals surface area (Å²) in [7, 11) is 0. The molecule has 76 valence electrons. The van der Waals surface area contributed by atoms with E-state index in [0.29, 0.717) is 5.56 Å². The summed E-state index contributed by atoms with van der Waals surface area (Å²) in [5.74, 6) is -0.175. The van der Waals surface area contributed by atoms with Crippen LogP contribution in [0, 0.1) is 6.92 Å². The lowest BCUT2D eigenvalue weighted by Crippen LogP contribution is -2.35. The van der Waals surface area contributed by atoms with Crippen LogP contribution in [0.3, 0.4) is 0 Å². The third-order valence-corrected chi connectivity index (χ3v) is 1.92. The van der Waals surface area contributed by atoms with Crippen molar-refractivity contribution in [2.75, 3.05) is 6.61 Å². The first-order valence-corrected chi connectivity index (χ1v) is 4.47. The highest BCUT2D eigenvalue weighted by atomic mass is 16.3. The molecule has 1 unspecified atom stereocenters. The molecule has 4 nitrogen and oxygen atoms in total. The number of nitrogens with zero attached hydrogens (tertiary/aromatic N) is 1. The Balaban J connectivity index is 2.75. The predicted molar refractivity (Wildman–Crippen MR) is 53.0 cm³/mol. The molecule has 1 aromatic heterocycles. The molecule has 1 heterocycles. The van der Waals surface area contributed by atoms with E-state index in [1.807, 2.05) is 6.92 Å². The third-order valence-electron chi connectivity index (χ3n) is 1.92. The second-order valence-electron chi connectivity index (χ2n) is 3.25. The van der Waals surface area contributed by atoms with Crippen LogP contribution < -0.4 is 5.32 Å². The summed E-state index contributed by atoms with van der Waals surface area (Å²) in [6.45, 7) is 3.51. The predicted octanol–water partition coefficient (Wildman–Crippen LogP) is 0.501. The molecular formula is C10H14N2O2. The van der Waals surface area contributed by atoms with Gasteiger partial charge in [-0.25, -0.2) is 0 Å². The first-order chi connectivity index (χ1) is 6.65. The molecule has 0 aliphatic rings. The van der Waals surface area contributed by atoms with E-state index in [9.17, 15) is 4.79 Å². The number of aromatic nitrogens is 1. The lowest BCUT2D eigenvalue weighted by molar-refractivity contribution is 0.0921. The van der Waals surface area contributed by atoms with Gasteiger partial charge in [0.1, 0.15) is 0 Å². The number of aryl methyl sites for hydroxylation is 1. The van der Waals surface area contributed by atoms with Crippen molar-refractivity contribution in [1.82, 2.24) is 10.3 Å². The molecule has 1 aromatic rings. The van der Waals surface area contributed by atoms with Gasteiger partial charge in [-0.1, -0.05) is 0 Å². The number of aliphatic hydroxyl groups excluding tert-OH is 1. The topological polar surface area (TPSA) is 62.2 Å². The van der Waals surface area contributed by atoms with E-state index in [-0.39, 0.29) is 18.6 Å². The highest BCUT2D eigenvalue weighted by Gasteiger charge is 2.10. The summed E-state index contributed by atoms with van der Waals surface area (Å²) in [6, 6.07) is 1.43. The molecule has 1 rings (SSSR count). The minimum atomic E-state index is -0.227. The second kappa shape index (κ2) is 4.72. The zero-order valence-corrected chi connectivity index (χ0v) is 8.32. The zero-order chi connectivity index (χ0) is 10.6. The summed E-state index contributed by atoms with van der Waals surface area (Å²) in [6.07, 6.45) is 3.21.